The third kappa shape index (κ3) is 4.38. The number of nitrogens with zero attached hydrogens (tertiary/aromatic N) is 5. The molecule has 1 fully saturated rings. The monoisotopic (exact) mass is 405 g/mol. The van der Waals surface area contributed by atoms with E-state index in [-0.39, 0.29) is 5.91 Å². The Morgan fingerprint density at radius 1 is 1.13 bits per heavy atom. The van der Waals surface area contributed by atoms with Crippen LogP contribution in [0, 0.1) is 0 Å². The van der Waals surface area contributed by atoms with Crippen molar-refractivity contribution in [1.82, 2.24) is 24.2 Å². The van der Waals surface area contributed by atoms with Gasteiger partial charge >= 0.3 is 0 Å². The molecule has 4 rings (SSSR count). The molecule has 3 heterocycles. The van der Waals surface area contributed by atoms with Gasteiger partial charge in [0.2, 0.25) is 0 Å². The predicted octanol–water partition coefficient (Wildman–Crippen LogP) is 3.98. The maximum Gasteiger partial charge on any atom is 0.276 e. The number of rotatable bonds is 7. The number of likely N-dealkylation sites (tertiary alicyclic amines) is 1. The van der Waals surface area contributed by atoms with Crippen molar-refractivity contribution in [3.05, 3.63) is 65.9 Å². The molecule has 1 aromatic carbocycles. The molecule has 0 atom stereocenters. The molecule has 0 aliphatic carbocycles. The lowest BCUT2D eigenvalue weighted by atomic mass is 9.93. The van der Waals surface area contributed by atoms with Gasteiger partial charge in [0.15, 0.2) is 11.3 Å². The number of aromatic nitrogens is 3. The fraction of sp³-hybridized carbons (Fsp3) is 0.458. The van der Waals surface area contributed by atoms with E-state index in [1.807, 2.05) is 17.6 Å². The van der Waals surface area contributed by atoms with E-state index in [0.717, 1.165) is 51.9 Å². The van der Waals surface area contributed by atoms with Gasteiger partial charge < -0.3 is 4.90 Å². The van der Waals surface area contributed by atoms with Crippen LogP contribution in [0.5, 0.6) is 0 Å². The minimum absolute atomic E-state index is 0.0479. The number of fused-ring (bicyclic) bond motifs is 1. The number of carbonyl (C=O) groups is 1. The molecule has 1 amide bonds. The third-order valence-corrected chi connectivity index (χ3v) is 6.11. The first-order valence-corrected chi connectivity index (χ1v) is 11.0. The van der Waals surface area contributed by atoms with Gasteiger partial charge in [0.1, 0.15) is 6.33 Å². The summed E-state index contributed by atoms with van der Waals surface area (Å²) in [5.74, 6) is 0.408. The summed E-state index contributed by atoms with van der Waals surface area (Å²) in [6.07, 6.45) is 7.86. The number of hydrogen-bond donors (Lipinski definition) is 0. The van der Waals surface area contributed by atoms with E-state index in [9.17, 15) is 4.79 Å². The van der Waals surface area contributed by atoms with Gasteiger partial charge in [0.05, 0.1) is 0 Å². The van der Waals surface area contributed by atoms with Gasteiger partial charge in [-0.2, -0.15) is 0 Å². The lowest BCUT2D eigenvalue weighted by Gasteiger charge is -2.32. The number of piperidine rings is 1. The SMILES string of the molecule is CCCCN(C)C(=O)c1ncn2c(C3CCN(Cc4ccccc4)CC3)ccnc12. The van der Waals surface area contributed by atoms with E-state index in [1.54, 1.807) is 11.2 Å². The van der Waals surface area contributed by atoms with Crippen molar-refractivity contribution in [1.29, 1.82) is 0 Å². The van der Waals surface area contributed by atoms with Crippen LogP contribution in [0.1, 0.15) is 60.3 Å². The summed E-state index contributed by atoms with van der Waals surface area (Å²) in [5.41, 5.74) is 3.71. The normalized spacial score (nSPS) is 15.5. The minimum Gasteiger partial charge on any atom is -0.340 e. The van der Waals surface area contributed by atoms with Gasteiger partial charge in [-0.15, -0.1) is 0 Å². The van der Waals surface area contributed by atoms with Crippen LogP contribution in [0.3, 0.4) is 0 Å². The first kappa shape index (κ1) is 20.5. The Labute approximate surface area is 178 Å². The summed E-state index contributed by atoms with van der Waals surface area (Å²) in [7, 11) is 1.84. The summed E-state index contributed by atoms with van der Waals surface area (Å²) in [6.45, 7) is 6.03. The molecule has 1 aliphatic rings. The molecular formula is C24H31N5O. The van der Waals surface area contributed by atoms with Crippen molar-refractivity contribution in [3.63, 3.8) is 0 Å². The maximum absolute atomic E-state index is 12.8. The first-order valence-electron chi connectivity index (χ1n) is 11.0. The second-order valence-corrected chi connectivity index (χ2v) is 8.27. The van der Waals surface area contributed by atoms with Crippen LogP contribution < -0.4 is 0 Å². The summed E-state index contributed by atoms with van der Waals surface area (Å²) < 4.78 is 2.03. The lowest BCUT2D eigenvalue weighted by Crippen LogP contribution is -2.33. The molecule has 0 radical (unpaired) electrons. The van der Waals surface area contributed by atoms with Gasteiger partial charge in [-0.25, -0.2) is 9.97 Å². The lowest BCUT2D eigenvalue weighted by molar-refractivity contribution is 0.0790. The second-order valence-electron chi connectivity index (χ2n) is 8.27. The van der Waals surface area contributed by atoms with Gasteiger partial charge in [-0.05, 0) is 44.0 Å². The van der Waals surface area contributed by atoms with Crippen LogP contribution in [0.15, 0.2) is 48.9 Å². The highest BCUT2D eigenvalue weighted by Gasteiger charge is 2.25. The number of carbonyl (C=O) groups excluding carboxylic acids is 1. The third-order valence-electron chi connectivity index (χ3n) is 6.11. The molecule has 0 spiro atoms. The molecule has 0 saturated carbocycles. The van der Waals surface area contributed by atoms with Crippen molar-refractivity contribution in [2.24, 2.45) is 0 Å². The van der Waals surface area contributed by atoms with E-state index in [2.05, 4.69) is 58.2 Å². The zero-order valence-corrected chi connectivity index (χ0v) is 18.0. The average molecular weight is 406 g/mol. The number of imidazole rings is 1. The van der Waals surface area contributed by atoms with E-state index >= 15 is 0 Å². The van der Waals surface area contributed by atoms with Crippen molar-refractivity contribution in [2.45, 2.75) is 45.1 Å². The van der Waals surface area contributed by atoms with Crippen LogP contribution in [0.2, 0.25) is 0 Å². The van der Waals surface area contributed by atoms with Crippen molar-refractivity contribution >= 4 is 11.6 Å². The van der Waals surface area contributed by atoms with Crippen molar-refractivity contribution < 1.29 is 4.79 Å². The molecule has 6 heteroatoms. The van der Waals surface area contributed by atoms with E-state index in [0.29, 0.717) is 17.3 Å². The molecule has 0 unspecified atom stereocenters. The summed E-state index contributed by atoms with van der Waals surface area (Å²) in [5, 5.41) is 0. The minimum atomic E-state index is -0.0479. The quantitative estimate of drug-likeness (QED) is 0.597. The van der Waals surface area contributed by atoms with Gasteiger partial charge in [-0.1, -0.05) is 43.7 Å². The summed E-state index contributed by atoms with van der Waals surface area (Å²) in [4.78, 5) is 26.1. The highest BCUT2D eigenvalue weighted by molar-refractivity contribution is 5.97. The van der Waals surface area contributed by atoms with E-state index in [1.165, 1.54) is 11.3 Å². The van der Waals surface area contributed by atoms with Crippen molar-refractivity contribution in [2.75, 3.05) is 26.7 Å². The molecule has 1 saturated heterocycles. The predicted molar refractivity (Wildman–Crippen MR) is 119 cm³/mol. The molecular weight excluding hydrogens is 374 g/mol. The summed E-state index contributed by atoms with van der Waals surface area (Å²) >= 11 is 0. The Balaban J connectivity index is 1.46. The van der Waals surface area contributed by atoms with Gasteiger partial charge in [-0.3, -0.25) is 14.1 Å². The molecule has 30 heavy (non-hydrogen) atoms. The molecule has 0 N–H and O–H groups in total. The largest absolute Gasteiger partial charge is 0.340 e. The van der Waals surface area contributed by atoms with Crippen molar-refractivity contribution in [3.8, 4) is 0 Å². The Bertz CT molecular complexity index is 976. The van der Waals surface area contributed by atoms with Gasteiger partial charge in [0.25, 0.3) is 5.91 Å². The molecule has 158 valence electrons. The smallest absolute Gasteiger partial charge is 0.276 e. The molecule has 3 aromatic rings. The molecule has 0 bridgehead atoms. The molecule has 2 aromatic heterocycles. The number of amides is 1. The Morgan fingerprint density at radius 3 is 2.63 bits per heavy atom. The first-order chi connectivity index (χ1) is 14.7. The zero-order valence-electron chi connectivity index (χ0n) is 18.0. The number of benzene rings is 1. The highest BCUT2D eigenvalue weighted by atomic mass is 16.2. The highest BCUT2D eigenvalue weighted by Crippen LogP contribution is 2.29. The fourth-order valence-electron chi connectivity index (χ4n) is 4.31. The maximum atomic E-state index is 12.8. The Morgan fingerprint density at radius 2 is 1.90 bits per heavy atom. The number of unbranched alkanes of at least 4 members (excludes halogenated alkanes) is 1. The second kappa shape index (κ2) is 9.39. The van der Waals surface area contributed by atoms with Crippen LogP contribution in [-0.2, 0) is 6.54 Å². The Kier molecular flexibility index (Phi) is 6.43. The standard InChI is InChI=1S/C24H31N5O/c1-3-4-14-27(2)24(30)22-23-25-13-10-21(29(23)18-26-22)20-11-15-28(16-12-20)17-19-8-6-5-7-9-19/h5-10,13,18,20H,3-4,11-12,14-17H2,1-2H3. The topological polar surface area (TPSA) is 53.7 Å². The zero-order chi connectivity index (χ0) is 20.9. The van der Waals surface area contributed by atoms with Crippen LogP contribution >= 0.6 is 0 Å². The van der Waals surface area contributed by atoms with Gasteiger partial charge in [0, 0.05) is 37.9 Å². The van der Waals surface area contributed by atoms with Crippen LogP contribution in [0.25, 0.3) is 5.65 Å². The average Bonchev–Trinajstić information content (AvgIpc) is 3.22. The van der Waals surface area contributed by atoms with Crippen LogP contribution in [0.4, 0.5) is 0 Å². The fourth-order valence-corrected chi connectivity index (χ4v) is 4.31. The molecule has 1 aliphatic heterocycles. The Hall–Kier alpha value is -2.73. The van der Waals surface area contributed by atoms with E-state index < -0.39 is 0 Å². The van der Waals surface area contributed by atoms with E-state index in [4.69, 9.17) is 0 Å². The molecule has 6 nitrogen and oxygen atoms in total. The number of hydrogen-bond acceptors (Lipinski definition) is 4. The van der Waals surface area contributed by atoms with Crippen LogP contribution in [-0.4, -0.2) is 56.8 Å². The summed E-state index contributed by atoms with van der Waals surface area (Å²) in [6, 6.07) is 12.7.